The van der Waals surface area contributed by atoms with Gasteiger partial charge in [-0.15, -0.1) is 0 Å². The molecule has 0 aliphatic carbocycles. The maximum absolute atomic E-state index is 13.0. The third-order valence-corrected chi connectivity index (χ3v) is 5.56. The minimum absolute atomic E-state index is 0.139. The predicted molar refractivity (Wildman–Crippen MR) is 97.0 cm³/mol. The topological polar surface area (TPSA) is 82.4 Å². The van der Waals surface area contributed by atoms with E-state index in [1.54, 1.807) is 42.5 Å². The van der Waals surface area contributed by atoms with E-state index >= 15 is 0 Å². The summed E-state index contributed by atoms with van der Waals surface area (Å²) in [6, 6.07) is 14.9. The summed E-state index contributed by atoms with van der Waals surface area (Å²) in [7, 11) is -2.66. The lowest BCUT2D eigenvalue weighted by Gasteiger charge is -2.07. The van der Waals surface area contributed by atoms with Crippen LogP contribution >= 0.6 is 0 Å². The van der Waals surface area contributed by atoms with Crippen LogP contribution < -0.4 is 0 Å². The number of nitrogens with zero attached hydrogens (tertiary/aromatic N) is 1. The Bertz CT molecular complexity index is 1110. The number of rotatable bonds is 5. The van der Waals surface area contributed by atoms with E-state index in [0.29, 0.717) is 22.8 Å². The van der Waals surface area contributed by atoms with Gasteiger partial charge in [-0.1, -0.05) is 36.4 Å². The Balaban J connectivity index is 2.26. The average molecular weight is 369 g/mol. The molecule has 132 valence electrons. The highest BCUT2D eigenvalue weighted by atomic mass is 32.2. The highest BCUT2D eigenvalue weighted by Crippen LogP contribution is 2.27. The number of para-hydroxylation sites is 1. The fourth-order valence-corrected chi connectivity index (χ4v) is 4.02. The maximum atomic E-state index is 13.0. The second-order valence-corrected chi connectivity index (χ2v) is 7.24. The van der Waals surface area contributed by atoms with E-state index in [9.17, 15) is 18.0 Å². The molecule has 0 saturated carbocycles. The number of aromatic nitrogens is 1. The van der Waals surface area contributed by atoms with Crippen molar-refractivity contribution < 1.29 is 22.7 Å². The number of hydrogen-bond acceptors (Lipinski definition) is 5. The van der Waals surface area contributed by atoms with Gasteiger partial charge in [0.25, 0.3) is 10.0 Å². The third kappa shape index (κ3) is 3.04. The van der Waals surface area contributed by atoms with Crippen LogP contribution in [0.15, 0.2) is 71.3 Å². The standard InChI is InChI=1S/C19H15NO5S/c1-25-19(22)15(13-21)11-14-12-20(18-10-6-5-9-17(14)18)26(23,24)16-7-3-2-4-8-16/h2-13H,1H3/b15-11+. The van der Waals surface area contributed by atoms with Crippen LogP contribution in [0.5, 0.6) is 0 Å². The van der Waals surface area contributed by atoms with Crippen LogP contribution in [-0.4, -0.2) is 31.8 Å². The summed E-state index contributed by atoms with van der Waals surface area (Å²) in [5.74, 6) is -0.789. The van der Waals surface area contributed by atoms with Crippen LogP contribution in [0.4, 0.5) is 0 Å². The van der Waals surface area contributed by atoms with Gasteiger partial charge in [-0.2, -0.15) is 0 Å². The molecule has 0 aliphatic heterocycles. The summed E-state index contributed by atoms with van der Waals surface area (Å²) in [6.45, 7) is 0. The van der Waals surface area contributed by atoms with Gasteiger partial charge in [-0.3, -0.25) is 4.79 Å². The lowest BCUT2D eigenvalue weighted by Crippen LogP contribution is -2.11. The Hall–Kier alpha value is -3.19. The van der Waals surface area contributed by atoms with Crippen molar-refractivity contribution in [2.24, 2.45) is 0 Å². The van der Waals surface area contributed by atoms with Crippen molar-refractivity contribution in [3.63, 3.8) is 0 Å². The van der Waals surface area contributed by atoms with Crippen molar-refractivity contribution in [3.05, 3.63) is 71.9 Å². The van der Waals surface area contributed by atoms with E-state index < -0.39 is 16.0 Å². The highest BCUT2D eigenvalue weighted by Gasteiger charge is 2.21. The van der Waals surface area contributed by atoms with Gasteiger partial charge in [0, 0.05) is 17.1 Å². The summed E-state index contributed by atoms with van der Waals surface area (Å²) in [6.07, 6.45) is 3.08. The highest BCUT2D eigenvalue weighted by molar-refractivity contribution is 7.90. The largest absolute Gasteiger partial charge is 0.465 e. The van der Waals surface area contributed by atoms with Gasteiger partial charge < -0.3 is 4.74 Å². The molecule has 0 amide bonds. The van der Waals surface area contributed by atoms with Gasteiger partial charge in [0.1, 0.15) is 0 Å². The Kier molecular flexibility index (Phi) is 4.73. The number of benzene rings is 2. The normalized spacial score (nSPS) is 12.1. The Labute approximate surface area is 150 Å². The molecule has 6 nitrogen and oxygen atoms in total. The third-order valence-electron chi connectivity index (χ3n) is 3.87. The molecule has 0 saturated heterocycles. The van der Waals surface area contributed by atoms with Gasteiger partial charge in [0.15, 0.2) is 6.29 Å². The van der Waals surface area contributed by atoms with Crippen molar-refractivity contribution in [1.29, 1.82) is 0 Å². The van der Waals surface area contributed by atoms with E-state index in [1.807, 2.05) is 0 Å². The molecule has 0 unspecified atom stereocenters. The van der Waals surface area contributed by atoms with Gasteiger partial charge in [-0.05, 0) is 24.3 Å². The summed E-state index contributed by atoms with van der Waals surface area (Å²) in [5, 5.41) is 0.593. The summed E-state index contributed by atoms with van der Waals surface area (Å²) < 4.78 is 31.7. The fourth-order valence-electron chi connectivity index (χ4n) is 2.62. The van der Waals surface area contributed by atoms with Crippen LogP contribution in [0.1, 0.15) is 5.56 Å². The molecule has 0 atom stereocenters. The molecular formula is C19H15NO5S. The number of fused-ring (bicyclic) bond motifs is 1. The van der Waals surface area contributed by atoms with Crippen molar-refractivity contribution in [2.45, 2.75) is 4.90 Å². The molecule has 2 aromatic carbocycles. The number of esters is 1. The molecule has 1 heterocycles. The molecule has 1 aromatic heterocycles. The van der Waals surface area contributed by atoms with Crippen LogP contribution in [0.2, 0.25) is 0 Å². The molecule has 0 fully saturated rings. The monoisotopic (exact) mass is 369 g/mol. The van der Waals surface area contributed by atoms with E-state index in [0.717, 1.165) is 3.97 Å². The summed E-state index contributed by atoms with van der Waals surface area (Å²) >= 11 is 0. The van der Waals surface area contributed by atoms with Crippen molar-refractivity contribution in [2.75, 3.05) is 7.11 Å². The number of carbonyl (C=O) groups excluding carboxylic acids is 2. The minimum atomic E-state index is -3.83. The molecular weight excluding hydrogens is 354 g/mol. The fraction of sp³-hybridized carbons (Fsp3) is 0.0526. The second-order valence-electron chi connectivity index (χ2n) is 5.42. The first-order valence-electron chi connectivity index (χ1n) is 7.65. The van der Waals surface area contributed by atoms with Crippen LogP contribution in [0.25, 0.3) is 17.0 Å². The van der Waals surface area contributed by atoms with E-state index in [4.69, 9.17) is 0 Å². The summed E-state index contributed by atoms with van der Waals surface area (Å²) in [4.78, 5) is 23.0. The Morgan fingerprint density at radius 1 is 1.04 bits per heavy atom. The first-order valence-corrected chi connectivity index (χ1v) is 9.09. The van der Waals surface area contributed by atoms with Gasteiger partial charge in [0.2, 0.25) is 0 Å². The number of aldehydes is 1. The zero-order valence-corrected chi connectivity index (χ0v) is 14.6. The minimum Gasteiger partial charge on any atom is -0.465 e. The molecule has 0 aliphatic rings. The molecule has 3 rings (SSSR count). The quantitative estimate of drug-likeness (QED) is 0.227. The molecule has 7 heteroatoms. The number of ether oxygens (including phenoxy) is 1. The lowest BCUT2D eigenvalue weighted by molar-refractivity contribution is -0.136. The molecule has 0 spiro atoms. The van der Waals surface area contributed by atoms with Crippen LogP contribution in [-0.2, 0) is 24.3 Å². The zero-order valence-electron chi connectivity index (χ0n) is 13.8. The van der Waals surface area contributed by atoms with Gasteiger partial charge in [-0.25, -0.2) is 17.2 Å². The summed E-state index contributed by atoms with van der Waals surface area (Å²) in [5.41, 5.74) is 0.665. The first kappa shape index (κ1) is 17.6. The van der Waals surface area contributed by atoms with E-state index in [1.165, 1.54) is 31.5 Å². The van der Waals surface area contributed by atoms with E-state index in [-0.39, 0.29) is 10.5 Å². The van der Waals surface area contributed by atoms with Crippen molar-refractivity contribution in [1.82, 2.24) is 3.97 Å². The average Bonchev–Trinajstić information content (AvgIpc) is 3.05. The molecule has 3 aromatic rings. The second kappa shape index (κ2) is 6.97. The number of hydrogen-bond donors (Lipinski definition) is 0. The van der Waals surface area contributed by atoms with Crippen molar-refractivity contribution in [3.8, 4) is 0 Å². The molecule has 0 N–H and O–H groups in total. The molecule has 0 radical (unpaired) electrons. The SMILES string of the molecule is COC(=O)/C(C=O)=C/c1cn(S(=O)(=O)c2ccccc2)c2ccccc12. The van der Waals surface area contributed by atoms with Crippen LogP contribution in [0.3, 0.4) is 0 Å². The van der Waals surface area contributed by atoms with E-state index in [2.05, 4.69) is 4.74 Å². The Morgan fingerprint density at radius 3 is 2.35 bits per heavy atom. The Morgan fingerprint density at radius 2 is 1.69 bits per heavy atom. The first-order chi connectivity index (χ1) is 12.5. The number of carbonyl (C=O) groups is 2. The van der Waals surface area contributed by atoms with Crippen LogP contribution in [0, 0.1) is 0 Å². The van der Waals surface area contributed by atoms with Crippen molar-refractivity contribution >= 4 is 39.3 Å². The van der Waals surface area contributed by atoms with Gasteiger partial charge in [0.05, 0.1) is 23.1 Å². The molecule has 26 heavy (non-hydrogen) atoms. The zero-order chi connectivity index (χ0) is 18.7. The van der Waals surface area contributed by atoms with Gasteiger partial charge >= 0.3 is 5.97 Å². The number of methoxy groups -OCH3 is 1. The maximum Gasteiger partial charge on any atom is 0.341 e. The smallest absolute Gasteiger partial charge is 0.341 e. The predicted octanol–water partition coefficient (Wildman–Crippen LogP) is 2.63. The molecule has 0 bridgehead atoms. The lowest BCUT2D eigenvalue weighted by atomic mass is 10.1.